The van der Waals surface area contributed by atoms with Gasteiger partial charge in [-0.2, -0.15) is 0 Å². The Morgan fingerprint density at radius 1 is 1.43 bits per heavy atom. The first-order valence-electron chi connectivity index (χ1n) is 5.12. The number of hydrogen-bond donors (Lipinski definition) is 1. The fraction of sp³-hybridized carbons (Fsp3) is 0.545. The summed E-state index contributed by atoms with van der Waals surface area (Å²) in [6.45, 7) is 6.23. The minimum Gasteiger partial charge on any atom is -0.310 e. The molecule has 0 aromatic carbocycles. The standard InChI is InChI=1S/C11H19N3/c1-3-14(2)9-8-12-10-11-6-4-5-7-13-11/h4-7,12H,3,8-10H2,1-2H3. The second kappa shape index (κ2) is 6.51. The molecule has 1 heterocycles. The van der Waals surface area contributed by atoms with Crippen molar-refractivity contribution in [3.05, 3.63) is 30.1 Å². The molecule has 1 N–H and O–H groups in total. The maximum atomic E-state index is 4.24. The molecule has 0 unspecified atom stereocenters. The molecule has 0 saturated carbocycles. The second-order valence-corrected chi connectivity index (χ2v) is 3.39. The van der Waals surface area contributed by atoms with Crippen molar-refractivity contribution in [1.82, 2.24) is 15.2 Å². The van der Waals surface area contributed by atoms with Crippen LogP contribution >= 0.6 is 0 Å². The topological polar surface area (TPSA) is 28.2 Å². The van der Waals surface area contributed by atoms with Crippen molar-refractivity contribution < 1.29 is 0 Å². The van der Waals surface area contributed by atoms with Gasteiger partial charge in [0, 0.05) is 25.8 Å². The summed E-state index contributed by atoms with van der Waals surface area (Å²) in [6.07, 6.45) is 1.83. The molecular formula is C11H19N3. The number of nitrogens with one attached hydrogen (secondary N) is 1. The summed E-state index contributed by atoms with van der Waals surface area (Å²) in [5, 5.41) is 3.36. The van der Waals surface area contributed by atoms with E-state index >= 15 is 0 Å². The maximum absolute atomic E-state index is 4.24. The van der Waals surface area contributed by atoms with Gasteiger partial charge in [-0.15, -0.1) is 0 Å². The quantitative estimate of drug-likeness (QED) is 0.686. The summed E-state index contributed by atoms with van der Waals surface area (Å²) in [6, 6.07) is 5.99. The second-order valence-electron chi connectivity index (χ2n) is 3.39. The first-order valence-corrected chi connectivity index (χ1v) is 5.12. The number of rotatable bonds is 6. The highest BCUT2D eigenvalue weighted by Crippen LogP contribution is 1.91. The van der Waals surface area contributed by atoms with E-state index in [1.807, 2.05) is 24.4 Å². The molecule has 0 fully saturated rings. The Bertz CT molecular complexity index is 236. The molecule has 0 atom stereocenters. The Labute approximate surface area is 86.2 Å². The van der Waals surface area contributed by atoms with Crippen LogP contribution in [0.3, 0.4) is 0 Å². The van der Waals surface area contributed by atoms with Gasteiger partial charge in [0.1, 0.15) is 0 Å². The van der Waals surface area contributed by atoms with Crippen molar-refractivity contribution in [2.45, 2.75) is 13.5 Å². The summed E-state index contributed by atoms with van der Waals surface area (Å²) in [4.78, 5) is 6.52. The Morgan fingerprint density at radius 2 is 2.29 bits per heavy atom. The average Bonchev–Trinajstić information content (AvgIpc) is 2.25. The largest absolute Gasteiger partial charge is 0.310 e. The van der Waals surface area contributed by atoms with Crippen molar-refractivity contribution in [2.75, 3.05) is 26.7 Å². The van der Waals surface area contributed by atoms with E-state index in [0.717, 1.165) is 31.9 Å². The van der Waals surface area contributed by atoms with Crippen LogP contribution in [0.2, 0.25) is 0 Å². The van der Waals surface area contributed by atoms with Crippen LogP contribution in [0.15, 0.2) is 24.4 Å². The van der Waals surface area contributed by atoms with Crippen molar-refractivity contribution in [2.24, 2.45) is 0 Å². The zero-order chi connectivity index (χ0) is 10.2. The number of pyridine rings is 1. The Hall–Kier alpha value is -0.930. The average molecular weight is 193 g/mol. The SMILES string of the molecule is CCN(C)CCNCc1ccccn1. The molecule has 14 heavy (non-hydrogen) atoms. The van der Waals surface area contributed by atoms with Crippen LogP contribution in [-0.2, 0) is 6.54 Å². The zero-order valence-electron chi connectivity index (χ0n) is 9.03. The van der Waals surface area contributed by atoms with Crippen LogP contribution in [0.4, 0.5) is 0 Å². The number of aromatic nitrogens is 1. The number of likely N-dealkylation sites (N-methyl/N-ethyl adjacent to an activating group) is 1. The smallest absolute Gasteiger partial charge is 0.0541 e. The van der Waals surface area contributed by atoms with E-state index in [4.69, 9.17) is 0 Å². The third-order valence-corrected chi connectivity index (χ3v) is 2.24. The molecule has 0 aliphatic carbocycles. The molecule has 0 bridgehead atoms. The van der Waals surface area contributed by atoms with E-state index in [-0.39, 0.29) is 0 Å². The number of nitrogens with zero attached hydrogens (tertiary/aromatic N) is 2. The highest BCUT2D eigenvalue weighted by atomic mass is 15.1. The molecule has 78 valence electrons. The molecule has 0 amide bonds. The lowest BCUT2D eigenvalue weighted by Gasteiger charge is -2.13. The fourth-order valence-corrected chi connectivity index (χ4v) is 1.15. The molecule has 0 spiro atoms. The molecule has 1 aromatic rings. The van der Waals surface area contributed by atoms with Crippen molar-refractivity contribution in [1.29, 1.82) is 0 Å². The molecule has 0 radical (unpaired) electrons. The molecule has 3 nitrogen and oxygen atoms in total. The van der Waals surface area contributed by atoms with Crippen molar-refractivity contribution in [3.8, 4) is 0 Å². The predicted molar refractivity (Wildman–Crippen MR) is 59.1 cm³/mol. The Morgan fingerprint density at radius 3 is 2.93 bits per heavy atom. The van der Waals surface area contributed by atoms with Gasteiger partial charge in [0.15, 0.2) is 0 Å². The summed E-state index contributed by atoms with van der Waals surface area (Å²) >= 11 is 0. The van der Waals surface area contributed by atoms with Crippen molar-refractivity contribution in [3.63, 3.8) is 0 Å². The van der Waals surface area contributed by atoms with Crippen LogP contribution in [0.25, 0.3) is 0 Å². The van der Waals surface area contributed by atoms with E-state index < -0.39 is 0 Å². The highest BCUT2D eigenvalue weighted by Gasteiger charge is 1.94. The zero-order valence-corrected chi connectivity index (χ0v) is 9.03. The van der Waals surface area contributed by atoms with E-state index in [2.05, 4.69) is 29.2 Å². The lowest BCUT2D eigenvalue weighted by atomic mass is 10.3. The molecule has 0 aliphatic heterocycles. The van der Waals surface area contributed by atoms with E-state index in [9.17, 15) is 0 Å². The summed E-state index contributed by atoms with van der Waals surface area (Å²) < 4.78 is 0. The van der Waals surface area contributed by atoms with Crippen molar-refractivity contribution >= 4 is 0 Å². The minimum atomic E-state index is 0.860. The molecule has 0 aliphatic rings. The van der Waals surface area contributed by atoms with Gasteiger partial charge >= 0.3 is 0 Å². The fourth-order valence-electron chi connectivity index (χ4n) is 1.15. The van der Waals surface area contributed by atoms with E-state index in [1.165, 1.54) is 0 Å². The lowest BCUT2D eigenvalue weighted by Crippen LogP contribution is -2.28. The first-order chi connectivity index (χ1) is 6.83. The maximum Gasteiger partial charge on any atom is 0.0541 e. The van der Waals surface area contributed by atoms with Crippen LogP contribution in [0.5, 0.6) is 0 Å². The predicted octanol–water partition coefficient (Wildman–Crippen LogP) is 1.12. The van der Waals surface area contributed by atoms with Gasteiger partial charge in [0.2, 0.25) is 0 Å². The van der Waals surface area contributed by atoms with Gasteiger partial charge in [-0.05, 0) is 25.7 Å². The van der Waals surface area contributed by atoms with Gasteiger partial charge < -0.3 is 10.2 Å². The summed E-state index contributed by atoms with van der Waals surface area (Å²) in [5.41, 5.74) is 1.10. The third kappa shape index (κ3) is 4.35. The molecular weight excluding hydrogens is 174 g/mol. The Kier molecular flexibility index (Phi) is 5.19. The van der Waals surface area contributed by atoms with E-state index in [1.54, 1.807) is 0 Å². The van der Waals surface area contributed by atoms with Gasteiger partial charge in [-0.1, -0.05) is 13.0 Å². The van der Waals surface area contributed by atoms with Gasteiger partial charge in [0.25, 0.3) is 0 Å². The molecule has 1 aromatic heterocycles. The Balaban J connectivity index is 2.10. The van der Waals surface area contributed by atoms with E-state index in [0.29, 0.717) is 0 Å². The van der Waals surface area contributed by atoms with Gasteiger partial charge in [-0.3, -0.25) is 4.98 Å². The molecule has 0 saturated heterocycles. The van der Waals surface area contributed by atoms with Gasteiger partial charge in [0.05, 0.1) is 5.69 Å². The first kappa shape index (κ1) is 11.1. The molecule has 1 rings (SSSR count). The minimum absolute atomic E-state index is 0.860. The lowest BCUT2D eigenvalue weighted by molar-refractivity contribution is 0.348. The summed E-state index contributed by atoms with van der Waals surface area (Å²) in [5.74, 6) is 0. The third-order valence-electron chi connectivity index (χ3n) is 2.24. The van der Waals surface area contributed by atoms with Crippen LogP contribution in [0, 0.1) is 0 Å². The monoisotopic (exact) mass is 193 g/mol. The number of hydrogen-bond acceptors (Lipinski definition) is 3. The van der Waals surface area contributed by atoms with Gasteiger partial charge in [-0.25, -0.2) is 0 Å². The normalized spacial score (nSPS) is 10.8. The molecule has 3 heteroatoms. The van der Waals surface area contributed by atoms with Crippen LogP contribution in [0.1, 0.15) is 12.6 Å². The summed E-state index contributed by atoms with van der Waals surface area (Å²) in [7, 11) is 2.13. The van der Waals surface area contributed by atoms with Crippen LogP contribution in [-0.4, -0.2) is 36.6 Å². The highest BCUT2D eigenvalue weighted by molar-refractivity contribution is 5.02. The van der Waals surface area contributed by atoms with Crippen LogP contribution < -0.4 is 5.32 Å².